The van der Waals surface area contributed by atoms with Gasteiger partial charge in [0, 0.05) is 25.8 Å². The molecule has 0 aliphatic carbocycles. The second kappa shape index (κ2) is 9.00. The molecule has 0 aromatic carbocycles. The summed E-state index contributed by atoms with van der Waals surface area (Å²) >= 11 is 0. The monoisotopic (exact) mass is 292 g/mol. The van der Waals surface area contributed by atoms with Crippen LogP contribution < -0.4 is 10.2 Å². The normalized spacial score (nSPS) is 11.4. The number of nitrogens with one attached hydrogen (secondary N) is 1. The molecule has 4 heteroatoms. The van der Waals surface area contributed by atoms with Gasteiger partial charge >= 0.3 is 0 Å². The van der Waals surface area contributed by atoms with Crippen molar-refractivity contribution in [1.29, 1.82) is 0 Å². The molecule has 1 rings (SSSR count). The van der Waals surface area contributed by atoms with Gasteiger partial charge in [-0.2, -0.15) is 0 Å². The van der Waals surface area contributed by atoms with Crippen LogP contribution in [0.15, 0.2) is 12.1 Å². The number of aromatic nitrogens is 1. The second-order valence-electron chi connectivity index (χ2n) is 6.52. The SMILES string of the molecule is Cc1nc(N(C)CCCN(C)C)ccc1CNCC(C)C. The van der Waals surface area contributed by atoms with E-state index in [1.54, 1.807) is 0 Å². The molecule has 0 fully saturated rings. The number of aryl methyl sites for hydroxylation is 1. The predicted octanol–water partition coefficient (Wildman–Crippen LogP) is 2.52. The van der Waals surface area contributed by atoms with Crippen molar-refractivity contribution < 1.29 is 0 Å². The lowest BCUT2D eigenvalue weighted by atomic mass is 10.2. The Morgan fingerprint density at radius 3 is 2.43 bits per heavy atom. The summed E-state index contributed by atoms with van der Waals surface area (Å²) in [5, 5.41) is 3.48. The first-order valence-electron chi connectivity index (χ1n) is 7.93. The van der Waals surface area contributed by atoms with E-state index >= 15 is 0 Å². The molecule has 0 atom stereocenters. The molecule has 4 nitrogen and oxygen atoms in total. The summed E-state index contributed by atoms with van der Waals surface area (Å²) in [4.78, 5) is 9.20. The quantitative estimate of drug-likeness (QED) is 0.758. The van der Waals surface area contributed by atoms with Crippen molar-refractivity contribution in [3.8, 4) is 0 Å². The Morgan fingerprint density at radius 2 is 1.86 bits per heavy atom. The molecular weight excluding hydrogens is 260 g/mol. The Morgan fingerprint density at radius 1 is 1.14 bits per heavy atom. The summed E-state index contributed by atoms with van der Waals surface area (Å²) in [5.41, 5.74) is 2.42. The molecular formula is C17H32N4. The van der Waals surface area contributed by atoms with Crippen LogP contribution in [-0.4, -0.2) is 50.7 Å². The summed E-state index contributed by atoms with van der Waals surface area (Å²) in [6.45, 7) is 10.7. The molecule has 0 saturated carbocycles. The summed E-state index contributed by atoms with van der Waals surface area (Å²) in [6, 6.07) is 4.34. The third-order valence-corrected chi connectivity index (χ3v) is 3.54. The van der Waals surface area contributed by atoms with E-state index in [4.69, 9.17) is 4.98 Å². The standard InChI is InChI=1S/C17H32N4/c1-14(2)12-18-13-16-8-9-17(19-15(16)3)21(6)11-7-10-20(4)5/h8-9,14,18H,7,10-13H2,1-6H3. The van der Waals surface area contributed by atoms with Crippen molar-refractivity contribution in [2.24, 2.45) is 5.92 Å². The minimum Gasteiger partial charge on any atom is -0.360 e. The van der Waals surface area contributed by atoms with E-state index in [9.17, 15) is 0 Å². The molecule has 21 heavy (non-hydrogen) atoms. The van der Waals surface area contributed by atoms with Crippen molar-refractivity contribution in [1.82, 2.24) is 15.2 Å². The van der Waals surface area contributed by atoms with E-state index in [1.165, 1.54) is 5.56 Å². The number of anilines is 1. The highest BCUT2D eigenvalue weighted by molar-refractivity contribution is 5.40. The van der Waals surface area contributed by atoms with Crippen LogP contribution in [0.25, 0.3) is 0 Å². The Hall–Kier alpha value is -1.13. The lowest BCUT2D eigenvalue weighted by Crippen LogP contribution is -2.24. The second-order valence-corrected chi connectivity index (χ2v) is 6.52. The largest absolute Gasteiger partial charge is 0.360 e. The molecule has 1 aromatic rings. The highest BCUT2D eigenvalue weighted by atomic mass is 15.2. The maximum absolute atomic E-state index is 4.74. The van der Waals surface area contributed by atoms with Gasteiger partial charge in [-0.05, 0) is 58.1 Å². The van der Waals surface area contributed by atoms with Gasteiger partial charge in [-0.25, -0.2) is 4.98 Å². The number of rotatable bonds is 9. The van der Waals surface area contributed by atoms with Crippen LogP contribution in [0.1, 0.15) is 31.5 Å². The molecule has 1 heterocycles. The van der Waals surface area contributed by atoms with E-state index in [2.05, 4.69) is 69.2 Å². The molecule has 0 aliphatic rings. The maximum atomic E-state index is 4.74. The van der Waals surface area contributed by atoms with Crippen LogP contribution in [0.3, 0.4) is 0 Å². The molecule has 0 aliphatic heterocycles. The number of pyridine rings is 1. The van der Waals surface area contributed by atoms with Crippen LogP contribution in [0.4, 0.5) is 5.82 Å². The van der Waals surface area contributed by atoms with Crippen LogP contribution in [-0.2, 0) is 6.54 Å². The first-order valence-corrected chi connectivity index (χ1v) is 7.93. The summed E-state index contributed by atoms with van der Waals surface area (Å²) < 4.78 is 0. The summed E-state index contributed by atoms with van der Waals surface area (Å²) in [7, 11) is 6.34. The zero-order chi connectivity index (χ0) is 15.8. The first-order chi connectivity index (χ1) is 9.90. The Labute approximate surface area is 130 Å². The molecule has 0 bridgehead atoms. The summed E-state index contributed by atoms with van der Waals surface area (Å²) in [6.07, 6.45) is 1.15. The average molecular weight is 292 g/mol. The molecule has 0 unspecified atom stereocenters. The molecule has 0 radical (unpaired) electrons. The van der Waals surface area contributed by atoms with E-state index in [1.807, 2.05) is 0 Å². The third kappa shape index (κ3) is 6.91. The Bertz CT molecular complexity index is 415. The number of hydrogen-bond acceptors (Lipinski definition) is 4. The minimum atomic E-state index is 0.681. The molecule has 1 aromatic heterocycles. The highest BCUT2D eigenvalue weighted by Gasteiger charge is 2.06. The minimum absolute atomic E-state index is 0.681. The summed E-state index contributed by atoms with van der Waals surface area (Å²) in [5.74, 6) is 1.75. The fourth-order valence-corrected chi connectivity index (χ4v) is 2.21. The van der Waals surface area contributed by atoms with E-state index in [0.717, 1.165) is 44.1 Å². The lowest BCUT2D eigenvalue weighted by Gasteiger charge is -2.20. The van der Waals surface area contributed by atoms with Crippen LogP contribution in [0.2, 0.25) is 0 Å². The van der Waals surface area contributed by atoms with Gasteiger partial charge in [0.1, 0.15) is 5.82 Å². The number of hydrogen-bond donors (Lipinski definition) is 1. The smallest absolute Gasteiger partial charge is 0.128 e. The van der Waals surface area contributed by atoms with Crippen LogP contribution in [0.5, 0.6) is 0 Å². The topological polar surface area (TPSA) is 31.4 Å². The van der Waals surface area contributed by atoms with E-state index < -0.39 is 0 Å². The Balaban J connectivity index is 2.52. The first kappa shape index (κ1) is 17.9. The number of nitrogens with zero attached hydrogens (tertiary/aromatic N) is 3. The Kier molecular flexibility index (Phi) is 7.68. The van der Waals surface area contributed by atoms with Crippen molar-refractivity contribution in [2.75, 3.05) is 45.7 Å². The van der Waals surface area contributed by atoms with Crippen LogP contribution >= 0.6 is 0 Å². The van der Waals surface area contributed by atoms with E-state index in [0.29, 0.717) is 5.92 Å². The molecule has 120 valence electrons. The predicted molar refractivity (Wildman–Crippen MR) is 92.0 cm³/mol. The van der Waals surface area contributed by atoms with Crippen molar-refractivity contribution in [3.05, 3.63) is 23.4 Å². The van der Waals surface area contributed by atoms with Gasteiger partial charge in [-0.1, -0.05) is 19.9 Å². The highest BCUT2D eigenvalue weighted by Crippen LogP contribution is 2.14. The zero-order valence-corrected chi connectivity index (χ0v) is 14.6. The van der Waals surface area contributed by atoms with E-state index in [-0.39, 0.29) is 0 Å². The molecule has 0 amide bonds. The van der Waals surface area contributed by atoms with Gasteiger partial charge in [0.2, 0.25) is 0 Å². The molecule has 0 spiro atoms. The molecule has 0 saturated heterocycles. The van der Waals surface area contributed by atoms with Gasteiger partial charge in [-0.15, -0.1) is 0 Å². The molecule has 1 N–H and O–H groups in total. The van der Waals surface area contributed by atoms with Crippen LogP contribution in [0, 0.1) is 12.8 Å². The van der Waals surface area contributed by atoms with Crippen molar-refractivity contribution in [2.45, 2.75) is 33.7 Å². The van der Waals surface area contributed by atoms with Gasteiger partial charge in [0.05, 0.1) is 0 Å². The third-order valence-electron chi connectivity index (χ3n) is 3.54. The van der Waals surface area contributed by atoms with Gasteiger partial charge in [-0.3, -0.25) is 0 Å². The maximum Gasteiger partial charge on any atom is 0.128 e. The van der Waals surface area contributed by atoms with Gasteiger partial charge in [0.25, 0.3) is 0 Å². The van der Waals surface area contributed by atoms with Gasteiger partial charge in [0.15, 0.2) is 0 Å². The average Bonchev–Trinajstić information content (AvgIpc) is 2.39. The fourth-order valence-electron chi connectivity index (χ4n) is 2.21. The van der Waals surface area contributed by atoms with Gasteiger partial charge < -0.3 is 15.1 Å². The zero-order valence-electron chi connectivity index (χ0n) is 14.6. The van der Waals surface area contributed by atoms with Crippen molar-refractivity contribution >= 4 is 5.82 Å². The van der Waals surface area contributed by atoms with Crippen molar-refractivity contribution in [3.63, 3.8) is 0 Å². The fraction of sp³-hybridized carbons (Fsp3) is 0.706. The lowest BCUT2D eigenvalue weighted by molar-refractivity contribution is 0.401.